The van der Waals surface area contributed by atoms with Gasteiger partial charge < -0.3 is 19.0 Å². The number of Topliss-reactive ketones (excluding diaryl/α,β-unsaturated/α-hetero) is 1. The van der Waals surface area contributed by atoms with Crippen molar-refractivity contribution in [1.29, 1.82) is 0 Å². The molecule has 6 nitrogen and oxygen atoms in total. The first-order valence-electron chi connectivity index (χ1n) is 16.4. The molecule has 1 N–H and O–H groups in total. The van der Waals surface area contributed by atoms with Crippen molar-refractivity contribution < 1.29 is 18.3 Å². The van der Waals surface area contributed by atoms with Crippen LogP contribution in [0, 0.1) is 11.7 Å². The Morgan fingerprint density at radius 3 is 2.43 bits per heavy atom. The number of piperidine rings is 1. The number of rotatable bonds is 8. The first kappa shape index (κ1) is 31.5. The minimum absolute atomic E-state index is 0.0237. The Hall–Kier alpha value is -2.52. The van der Waals surface area contributed by atoms with Crippen LogP contribution in [-0.4, -0.2) is 56.9 Å². The molecule has 1 atom stereocenters. The minimum Gasteiger partial charge on any atom is -0.497 e. The highest BCUT2D eigenvalue weighted by Crippen LogP contribution is 2.54. The second-order valence-electron chi connectivity index (χ2n) is 15.0. The summed E-state index contributed by atoms with van der Waals surface area (Å²) in [7, 11) is 1.53. The highest BCUT2D eigenvalue weighted by Gasteiger charge is 2.60. The molecule has 2 aliphatic heterocycles. The van der Waals surface area contributed by atoms with Crippen LogP contribution in [0.4, 0.5) is 4.39 Å². The number of carbonyl (C=O) groups is 1. The number of ether oxygens (including phenoxy) is 1. The third kappa shape index (κ3) is 4.97. The third-order valence-electron chi connectivity index (χ3n) is 11.6. The Morgan fingerprint density at radius 1 is 1.11 bits per heavy atom. The van der Waals surface area contributed by atoms with E-state index in [0.29, 0.717) is 18.7 Å². The van der Waals surface area contributed by atoms with E-state index in [4.69, 9.17) is 9.16 Å². The van der Waals surface area contributed by atoms with Crippen LogP contribution in [0.25, 0.3) is 10.9 Å². The van der Waals surface area contributed by atoms with Crippen LogP contribution in [0.3, 0.4) is 0 Å². The number of halogens is 1. The van der Waals surface area contributed by atoms with Gasteiger partial charge in [-0.2, -0.15) is 0 Å². The Labute approximate surface area is 263 Å². The van der Waals surface area contributed by atoms with E-state index in [1.165, 1.54) is 17.0 Å². The number of nitrogens with zero attached hydrogens (tertiary/aromatic N) is 2. The lowest BCUT2D eigenvalue weighted by Crippen LogP contribution is -2.66. The average molecular weight is 620 g/mol. The molecule has 0 bridgehead atoms. The summed E-state index contributed by atoms with van der Waals surface area (Å²) in [5.41, 5.74) is 2.79. The van der Waals surface area contributed by atoms with Crippen LogP contribution in [0.1, 0.15) is 69.7 Å². The summed E-state index contributed by atoms with van der Waals surface area (Å²) in [6, 6.07) is 13.4. The number of aryl methyl sites for hydroxylation is 1. The molecule has 2 aromatic carbocycles. The normalized spacial score (nSPS) is 22.6. The van der Waals surface area contributed by atoms with E-state index in [9.17, 15) is 0 Å². The molecule has 1 aliphatic carbocycles. The smallest absolute Gasteiger partial charge is 0.192 e. The van der Waals surface area contributed by atoms with E-state index >= 15 is 9.18 Å². The summed E-state index contributed by atoms with van der Waals surface area (Å²) < 4.78 is 30.5. The number of benzene rings is 2. The first-order valence-corrected chi connectivity index (χ1v) is 19.3. The topological polar surface area (TPSA) is 55.7 Å². The quantitative estimate of drug-likeness (QED) is 0.274. The van der Waals surface area contributed by atoms with E-state index in [1.807, 2.05) is 18.2 Å². The van der Waals surface area contributed by atoms with Gasteiger partial charge in [0.1, 0.15) is 17.1 Å². The summed E-state index contributed by atoms with van der Waals surface area (Å²) in [6.45, 7) is 14.4. The Bertz CT molecular complexity index is 1550. The van der Waals surface area contributed by atoms with Crippen LogP contribution < -0.4 is 10.1 Å². The lowest BCUT2D eigenvalue weighted by atomic mass is 9.62. The molecule has 8 heteroatoms. The van der Waals surface area contributed by atoms with Crippen molar-refractivity contribution in [3.05, 3.63) is 65.1 Å². The number of ketones is 1. The molecular formula is C36H50FN3O3Si. The molecule has 3 heterocycles. The SMILES string of the molecule is COc1ccc2c3c(n(C)c2c1)C(CO[Si](C)(C)C(C)(C)C)(C(=O)C1CCC1)N(Cc1ccccc1F)CC31CCNCC1. The maximum atomic E-state index is 15.5. The largest absolute Gasteiger partial charge is 0.497 e. The van der Waals surface area contributed by atoms with Crippen LogP contribution in [0.5, 0.6) is 5.75 Å². The molecule has 44 heavy (non-hydrogen) atoms. The van der Waals surface area contributed by atoms with E-state index in [2.05, 4.69) is 67.8 Å². The van der Waals surface area contributed by atoms with Gasteiger partial charge in [0.2, 0.25) is 0 Å². The predicted octanol–water partition coefficient (Wildman–Crippen LogP) is 7.05. The van der Waals surface area contributed by atoms with E-state index in [0.717, 1.165) is 62.2 Å². The van der Waals surface area contributed by atoms with Crippen LogP contribution in [0.15, 0.2) is 42.5 Å². The van der Waals surface area contributed by atoms with Gasteiger partial charge in [-0.25, -0.2) is 4.39 Å². The molecule has 3 aromatic rings. The van der Waals surface area contributed by atoms with Gasteiger partial charge in [0, 0.05) is 48.5 Å². The average Bonchev–Trinajstić information content (AvgIpc) is 3.26. The van der Waals surface area contributed by atoms with Gasteiger partial charge in [-0.05, 0) is 80.7 Å². The monoisotopic (exact) mass is 619 g/mol. The number of methoxy groups -OCH3 is 1. The van der Waals surface area contributed by atoms with Gasteiger partial charge in [0.15, 0.2) is 14.1 Å². The Kier molecular flexibility index (Phi) is 8.13. The van der Waals surface area contributed by atoms with Crippen molar-refractivity contribution in [3.63, 3.8) is 0 Å². The van der Waals surface area contributed by atoms with Crippen molar-refractivity contribution in [3.8, 4) is 5.75 Å². The standard InChI is InChI=1S/C36H50FN3O3Si/c1-34(2,3)44(6,7)43-24-36(33(41)25-12-10-13-25)32-31(28-16-15-27(42-5)21-30(28)39(32)4)35(17-19-38-20-18-35)23-40(36)22-26-11-8-9-14-29(26)37/h8-9,11,14-16,21,25,38H,10,12-13,17-20,22-24H2,1-7H3. The van der Waals surface area contributed by atoms with E-state index < -0.39 is 13.9 Å². The van der Waals surface area contributed by atoms with Crippen LogP contribution in [-0.2, 0) is 33.8 Å². The van der Waals surface area contributed by atoms with E-state index in [-0.39, 0.29) is 34.6 Å². The molecule has 1 unspecified atom stereocenters. The molecular weight excluding hydrogens is 569 g/mol. The van der Waals surface area contributed by atoms with Crippen LogP contribution in [0.2, 0.25) is 18.1 Å². The number of nitrogens with one attached hydrogen (secondary N) is 1. The zero-order valence-electron chi connectivity index (χ0n) is 27.7. The zero-order chi connectivity index (χ0) is 31.5. The highest BCUT2D eigenvalue weighted by molar-refractivity contribution is 6.74. The van der Waals surface area contributed by atoms with E-state index in [1.54, 1.807) is 13.2 Å². The summed E-state index contributed by atoms with van der Waals surface area (Å²) in [5, 5.41) is 4.75. The molecule has 0 amide bonds. The lowest BCUT2D eigenvalue weighted by Gasteiger charge is -2.56. The minimum atomic E-state index is -2.27. The number of hydrogen-bond donors (Lipinski definition) is 1. The van der Waals surface area contributed by atoms with Gasteiger partial charge in [0.25, 0.3) is 0 Å². The lowest BCUT2D eigenvalue weighted by molar-refractivity contribution is -0.146. The second kappa shape index (κ2) is 11.4. The number of carbonyl (C=O) groups excluding carboxylic acids is 1. The maximum absolute atomic E-state index is 15.5. The Balaban J connectivity index is 1.66. The molecule has 1 aromatic heterocycles. The molecule has 0 radical (unpaired) electrons. The zero-order valence-corrected chi connectivity index (χ0v) is 28.7. The summed E-state index contributed by atoms with van der Waals surface area (Å²) in [5.74, 6) is 0.784. The van der Waals surface area contributed by atoms with Crippen molar-refractivity contribution in [2.24, 2.45) is 13.0 Å². The number of fused-ring (bicyclic) bond motifs is 4. The fourth-order valence-corrected chi connectivity index (χ4v) is 8.65. The number of aromatic nitrogens is 1. The summed E-state index contributed by atoms with van der Waals surface area (Å²) in [6.07, 6.45) is 4.77. The molecule has 1 spiro atoms. The highest BCUT2D eigenvalue weighted by atomic mass is 28.4. The number of hydrogen-bond acceptors (Lipinski definition) is 5. The first-order chi connectivity index (χ1) is 20.8. The second-order valence-corrected chi connectivity index (χ2v) is 19.9. The maximum Gasteiger partial charge on any atom is 0.192 e. The molecule has 238 valence electrons. The van der Waals surface area contributed by atoms with Gasteiger partial charge >= 0.3 is 0 Å². The fraction of sp³-hybridized carbons (Fsp3) is 0.583. The summed E-state index contributed by atoms with van der Waals surface area (Å²) in [4.78, 5) is 17.6. The molecule has 1 saturated heterocycles. The van der Waals surface area contributed by atoms with Crippen molar-refractivity contribution >= 4 is 25.0 Å². The van der Waals surface area contributed by atoms with Crippen LogP contribution >= 0.6 is 0 Å². The van der Waals surface area contributed by atoms with Crippen molar-refractivity contribution in [1.82, 2.24) is 14.8 Å². The van der Waals surface area contributed by atoms with Gasteiger partial charge in [0.05, 0.1) is 24.9 Å². The molecule has 2 fully saturated rings. The van der Waals surface area contributed by atoms with Crippen molar-refractivity contribution in [2.45, 2.75) is 88.5 Å². The molecule has 6 rings (SSSR count). The molecule has 1 saturated carbocycles. The van der Waals surface area contributed by atoms with Crippen molar-refractivity contribution in [2.75, 3.05) is 33.4 Å². The molecule has 3 aliphatic rings. The predicted molar refractivity (Wildman–Crippen MR) is 177 cm³/mol. The van der Waals surface area contributed by atoms with Gasteiger partial charge in [-0.15, -0.1) is 0 Å². The fourth-order valence-electron chi connectivity index (χ4n) is 7.64. The third-order valence-corrected chi connectivity index (χ3v) is 16.1. The summed E-state index contributed by atoms with van der Waals surface area (Å²) >= 11 is 0. The van der Waals surface area contributed by atoms with Gasteiger partial charge in [-0.1, -0.05) is 45.4 Å². The Morgan fingerprint density at radius 2 is 1.82 bits per heavy atom. The van der Waals surface area contributed by atoms with Gasteiger partial charge in [-0.3, -0.25) is 9.69 Å².